The molecule has 0 radical (unpaired) electrons. The van der Waals surface area contributed by atoms with Gasteiger partial charge in [-0.2, -0.15) is 5.10 Å². The number of amides is 1. The number of nitrogens with zero attached hydrogens (tertiary/aromatic N) is 2. The maximum atomic E-state index is 10.9. The lowest BCUT2D eigenvalue weighted by molar-refractivity contribution is -0.115. The summed E-state index contributed by atoms with van der Waals surface area (Å²) in [5, 5.41) is 7.69. The van der Waals surface area contributed by atoms with Gasteiger partial charge >= 0.3 is 0 Å². The van der Waals surface area contributed by atoms with Crippen molar-refractivity contribution in [2.45, 2.75) is 31.3 Å². The van der Waals surface area contributed by atoms with E-state index in [0.29, 0.717) is 6.54 Å². The van der Waals surface area contributed by atoms with Crippen molar-refractivity contribution >= 4 is 23.4 Å². The first-order chi connectivity index (χ1) is 10.2. The average molecular weight is 304 g/mol. The van der Waals surface area contributed by atoms with Crippen molar-refractivity contribution in [3.05, 3.63) is 42.2 Å². The number of rotatable bonds is 8. The molecule has 0 saturated carbocycles. The van der Waals surface area contributed by atoms with Crippen LogP contribution in [0.2, 0.25) is 0 Å². The van der Waals surface area contributed by atoms with E-state index in [4.69, 9.17) is 5.73 Å². The van der Waals surface area contributed by atoms with Crippen LogP contribution in [0, 0.1) is 0 Å². The Labute approximate surface area is 128 Å². The number of aromatic nitrogens is 2. The molecule has 0 fully saturated rings. The van der Waals surface area contributed by atoms with Crippen LogP contribution in [-0.4, -0.2) is 21.4 Å². The molecule has 2 aromatic rings. The molecule has 1 aromatic heterocycles. The molecule has 0 spiro atoms. The molecule has 21 heavy (non-hydrogen) atoms. The van der Waals surface area contributed by atoms with E-state index < -0.39 is 0 Å². The molecular formula is C15H20N4OS. The Morgan fingerprint density at radius 2 is 2.24 bits per heavy atom. The zero-order valence-corrected chi connectivity index (χ0v) is 12.9. The zero-order chi connectivity index (χ0) is 15.1. The fourth-order valence-electron chi connectivity index (χ4n) is 1.93. The zero-order valence-electron chi connectivity index (χ0n) is 12.1. The maximum absolute atomic E-state index is 10.9. The van der Waals surface area contributed by atoms with Gasteiger partial charge in [-0.1, -0.05) is 19.1 Å². The van der Waals surface area contributed by atoms with Gasteiger partial charge in [0.25, 0.3) is 0 Å². The topological polar surface area (TPSA) is 72.9 Å². The molecule has 5 nitrogen and oxygen atoms in total. The lowest BCUT2D eigenvalue weighted by Crippen LogP contribution is -2.13. The van der Waals surface area contributed by atoms with E-state index in [2.05, 4.69) is 23.5 Å². The van der Waals surface area contributed by atoms with Crippen LogP contribution in [0.4, 0.5) is 5.69 Å². The molecule has 0 saturated heterocycles. The predicted molar refractivity (Wildman–Crippen MR) is 86.2 cm³/mol. The molecule has 0 unspecified atom stereocenters. The van der Waals surface area contributed by atoms with Gasteiger partial charge in [-0.15, -0.1) is 11.8 Å². The van der Waals surface area contributed by atoms with Gasteiger partial charge in [0.2, 0.25) is 5.91 Å². The molecule has 0 aliphatic heterocycles. The number of para-hydroxylation sites is 1. The van der Waals surface area contributed by atoms with E-state index in [0.717, 1.165) is 29.1 Å². The van der Waals surface area contributed by atoms with Gasteiger partial charge in [-0.05, 0) is 18.6 Å². The molecule has 1 amide bonds. The third kappa shape index (κ3) is 4.82. The number of hydrogen-bond donors (Lipinski definition) is 2. The van der Waals surface area contributed by atoms with E-state index in [-0.39, 0.29) is 11.7 Å². The monoisotopic (exact) mass is 304 g/mol. The lowest BCUT2D eigenvalue weighted by atomic mass is 10.3. The van der Waals surface area contributed by atoms with Gasteiger partial charge in [0.05, 0.1) is 11.9 Å². The van der Waals surface area contributed by atoms with E-state index in [1.807, 2.05) is 35.1 Å². The van der Waals surface area contributed by atoms with Gasteiger partial charge in [0.1, 0.15) is 0 Å². The Kier molecular flexibility index (Phi) is 5.68. The van der Waals surface area contributed by atoms with Crippen molar-refractivity contribution < 1.29 is 4.79 Å². The molecule has 0 atom stereocenters. The van der Waals surface area contributed by atoms with Crippen molar-refractivity contribution in [3.63, 3.8) is 0 Å². The number of thioether (sulfide) groups is 1. The lowest BCUT2D eigenvalue weighted by Gasteiger charge is -2.10. The largest absolute Gasteiger partial charge is 0.380 e. The van der Waals surface area contributed by atoms with Gasteiger partial charge in [0.15, 0.2) is 0 Å². The van der Waals surface area contributed by atoms with Crippen molar-refractivity contribution in [1.82, 2.24) is 9.78 Å². The second-order valence-corrected chi connectivity index (χ2v) is 5.73. The summed E-state index contributed by atoms with van der Waals surface area (Å²) in [6.45, 7) is 3.77. The molecule has 0 bridgehead atoms. The minimum Gasteiger partial charge on any atom is -0.380 e. The van der Waals surface area contributed by atoms with Crippen LogP contribution >= 0.6 is 11.8 Å². The normalized spacial score (nSPS) is 10.5. The molecule has 6 heteroatoms. The van der Waals surface area contributed by atoms with Crippen LogP contribution < -0.4 is 11.1 Å². The summed E-state index contributed by atoms with van der Waals surface area (Å²) in [6, 6.07) is 7.90. The summed E-state index contributed by atoms with van der Waals surface area (Å²) in [4.78, 5) is 11.9. The summed E-state index contributed by atoms with van der Waals surface area (Å²) in [6.07, 6.45) is 5.00. The van der Waals surface area contributed by atoms with Crippen molar-refractivity contribution in [2.75, 3.05) is 11.1 Å². The average Bonchev–Trinajstić information content (AvgIpc) is 2.92. The Morgan fingerprint density at radius 1 is 1.43 bits per heavy atom. The molecule has 3 N–H and O–H groups in total. The van der Waals surface area contributed by atoms with Crippen molar-refractivity contribution in [1.29, 1.82) is 0 Å². The van der Waals surface area contributed by atoms with Gasteiger partial charge in [0, 0.05) is 35.4 Å². The van der Waals surface area contributed by atoms with E-state index in [9.17, 15) is 4.79 Å². The number of carbonyl (C=O) groups is 1. The number of nitrogens with two attached hydrogens (primary N) is 1. The molecule has 112 valence electrons. The van der Waals surface area contributed by atoms with Gasteiger partial charge < -0.3 is 11.1 Å². The highest BCUT2D eigenvalue weighted by molar-refractivity contribution is 8.00. The predicted octanol–water partition coefficient (Wildman–Crippen LogP) is 2.48. The standard InChI is InChI=1S/C15H20N4OS/c1-2-7-19-10-12(9-18-19)8-17-13-5-3-4-6-14(13)21-11-15(16)20/h3-6,9-10,17H,2,7-8,11H2,1H3,(H2,16,20). The number of benzene rings is 1. The summed E-state index contributed by atoms with van der Waals surface area (Å²) in [5.74, 6) is -0.0247. The van der Waals surface area contributed by atoms with Crippen molar-refractivity contribution in [2.24, 2.45) is 5.73 Å². The third-order valence-corrected chi connectivity index (χ3v) is 3.98. The van der Waals surface area contributed by atoms with Gasteiger partial charge in [-0.25, -0.2) is 0 Å². The molecule has 1 aromatic carbocycles. The summed E-state index contributed by atoms with van der Waals surface area (Å²) in [5.41, 5.74) is 7.34. The number of nitrogens with one attached hydrogen (secondary N) is 1. The summed E-state index contributed by atoms with van der Waals surface area (Å²) < 4.78 is 1.95. The molecule has 0 aliphatic rings. The first-order valence-corrected chi connectivity index (χ1v) is 7.93. The van der Waals surface area contributed by atoms with Crippen LogP contribution in [0.1, 0.15) is 18.9 Å². The molecule has 0 aliphatic carbocycles. The first-order valence-electron chi connectivity index (χ1n) is 6.94. The highest BCUT2D eigenvalue weighted by Gasteiger charge is 2.05. The number of anilines is 1. The van der Waals surface area contributed by atoms with Crippen LogP contribution in [0.15, 0.2) is 41.6 Å². The Morgan fingerprint density at radius 3 is 3.00 bits per heavy atom. The van der Waals surface area contributed by atoms with E-state index >= 15 is 0 Å². The molecule has 1 heterocycles. The molecule has 2 rings (SSSR count). The summed E-state index contributed by atoms with van der Waals surface area (Å²) in [7, 11) is 0. The highest BCUT2D eigenvalue weighted by Crippen LogP contribution is 2.27. The fourth-order valence-corrected chi connectivity index (χ4v) is 2.70. The maximum Gasteiger partial charge on any atom is 0.227 e. The molecular weight excluding hydrogens is 284 g/mol. The Balaban J connectivity index is 1.96. The number of carbonyl (C=O) groups excluding carboxylic acids is 1. The number of hydrogen-bond acceptors (Lipinski definition) is 4. The van der Waals surface area contributed by atoms with Crippen molar-refractivity contribution in [3.8, 4) is 0 Å². The highest BCUT2D eigenvalue weighted by atomic mass is 32.2. The quantitative estimate of drug-likeness (QED) is 0.735. The van der Waals surface area contributed by atoms with Gasteiger partial charge in [-0.3, -0.25) is 9.48 Å². The van der Waals surface area contributed by atoms with Crippen LogP contribution in [0.3, 0.4) is 0 Å². The SMILES string of the molecule is CCCn1cc(CNc2ccccc2SCC(N)=O)cn1. The van der Waals surface area contributed by atoms with Crippen LogP contribution in [-0.2, 0) is 17.9 Å². The minimum absolute atomic E-state index is 0.285. The second-order valence-electron chi connectivity index (χ2n) is 4.72. The van der Waals surface area contributed by atoms with E-state index in [1.54, 1.807) is 0 Å². The second kappa shape index (κ2) is 7.73. The van der Waals surface area contributed by atoms with Crippen LogP contribution in [0.25, 0.3) is 0 Å². The fraction of sp³-hybridized carbons (Fsp3) is 0.333. The Hall–Kier alpha value is -1.95. The number of primary amides is 1. The summed E-state index contributed by atoms with van der Waals surface area (Å²) >= 11 is 1.45. The van der Waals surface area contributed by atoms with Crippen LogP contribution in [0.5, 0.6) is 0 Å². The Bertz CT molecular complexity index is 597. The number of aryl methyl sites for hydroxylation is 1. The third-order valence-electron chi connectivity index (χ3n) is 2.88. The smallest absolute Gasteiger partial charge is 0.227 e. The van der Waals surface area contributed by atoms with E-state index in [1.165, 1.54) is 11.8 Å². The first kappa shape index (κ1) is 15.4. The minimum atomic E-state index is -0.310.